The maximum atomic E-state index is 12.9. The van der Waals surface area contributed by atoms with Gasteiger partial charge in [0.1, 0.15) is 16.9 Å². The summed E-state index contributed by atoms with van der Waals surface area (Å²) in [5.74, 6) is -1.08. The minimum Gasteiger partial charge on any atom is -0.372 e. The first-order valence-electron chi connectivity index (χ1n) is 8.16. The maximum absolute atomic E-state index is 12.9. The lowest BCUT2D eigenvalue weighted by Gasteiger charge is -2.32. The molecule has 148 valence electrons. The predicted octanol–water partition coefficient (Wildman–Crippen LogP) is 2.64. The summed E-state index contributed by atoms with van der Waals surface area (Å²) >= 11 is 0. The minimum absolute atomic E-state index is 0.0414. The van der Waals surface area contributed by atoms with Crippen molar-refractivity contribution in [2.45, 2.75) is 39.4 Å². The highest BCUT2D eigenvalue weighted by atomic mass is 19.4. The molecule has 2 rings (SSSR count). The molecule has 2 aromatic heterocycles. The fourth-order valence-corrected chi connectivity index (χ4v) is 2.59. The molecule has 0 radical (unpaired) electrons. The summed E-state index contributed by atoms with van der Waals surface area (Å²) < 4.78 is 40.3. The molecule has 8 nitrogen and oxygen atoms in total. The van der Waals surface area contributed by atoms with Crippen LogP contribution >= 0.6 is 0 Å². The second-order valence-electron chi connectivity index (χ2n) is 6.55. The summed E-state index contributed by atoms with van der Waals surface area (Å²) in [6.45, 7) is 7.08. The average molecular weight is 385 g/mol. The molecule has 1 amide bonds. The third-order valence-corrected chi connectivity index (χ3v) is 4.65. The number of nitrogens with zero attached hydrogens (tertiary/aromatic N) is 4. The van der Waals surface area contributed by atoms with Crippen molar-refractivity contribution in [3.63, 3.8) is 0 Å². The number of halogens is 3. The van der Waals surface area contributed by atoms with E-state index in [4.69, 9.17) is 5.73 Å². The van der Waals surface area contributed by atoms with Crippen LogP contribution in [0.5, 0.6) is 0 Å². The third-order valence-electron chi connectivity index (χ3n) is 4.65. The molecule has 4 N–H and O–H groups in total. The summed E-state index contributed by atoms with van der Waals surface area (Å²) in [6.07, 6.45) is -2.43. The molecule has 1 atom stereocenters. The van der Waals surface area contributed by atoms with Crippen LogP contribution in [0.15, 0.2) is 12.4 Å². The molecular weight excluding hydrogens is 363 g/mol. The van der Waals surface area contributed by atoms with Gasteiger partial charge in [-0.05, 0) is 19.8 Å². The molecule has 2 aromatic rings. The van der Waals surface area contributed by atoms with Crippen LogP contribution in [0.2, 0.25) is 0 Å². The quantitative estimate of drug-likeness (QED) is 0.705. The van der Waals surface area contributed by atoms with Crippen LogP contribution in [-0.2, 0) is 16.5 Å². The minimum atomic E-state index is -4.57. The normalized spacial score (nSPS) is 14.1. The van der Waals surface area contributed by atoms with Gasteiger partial charge in [0, 0.05) is 13.2 Å². The molecule has 0 fully saturated rings. The van der Waals surface area contributed by atoms with Gasteiger partial charge in [-0.2, -0.15) is 23.3 Å². The van der Waals surface area contributed by atoms with Gasteiger partial charge in [-0.3, -0.25) is 9.48 Å². The zero-order chi connectivity index (χ0) is 20.6. The van der Waals surface area contributed by atoms with Crippen molar-refractivity contribution in [3.8, 4) is 0 Å². The number of alkyl halides is 3. The van der Waals surface area contributed by atoms with Gasteiger partial charge in [0.15, 0.2) is 0 Å². The maximum Gasteiger partial charge on any atom is 0.421 e. The molecule has 0 aliphatic carbocycles. The number of nitrogens with one attached hydrogen (secondary N) is 2. The first-order chi connectivity index (χ1) is 12.4. The Kier molecular flexibility index (Phi) is 5.34. The van der Waals surface area contributed by atoms with Gasteiger partial charge in [0.25, 0.3) is 0 Å². The van der Waals surface area contributed by atoms with Crippen molar-refractivity contribution in [2.75, 3.05) is 17.7 Å². The zero-order valence-corrected chi connectivity index (χ0v) is 15.6. The molecule has 0 saturated carbocycles. The van der Waals surface area contributed by atoms with E-state index >= 15 is 0 Å². The summed E-state index contributed by atoms with van der Waals surface area (Å²) in [4.78, 5) is 19.6. The van der Waals surface area contributed by atoms with Crippen molar-refractivity contribution in [3.05, 3.63) is 23.7 Å². The summed E-state index contributed by atoms with van der Waals surface area (Å²) in [5, 5.41) is 9.47. The lowest BCUT2D eigenvalue weighted by Crippen LogP contribution is -2.49. The van der Waals surface area contributed by atoms with Gasteiger partial charge in [0.2, 0.25) is 11.9 Å². The highest BCUT2D eigenvalue weighted by Gasteiger charge is 2.39. The topological polar surface area (TPSA) is 111 Å². The Balaban J connectivity index is 2.40. The van der Waals surface area contributed by atoms with Crippen LogP contribution in [-0.4, -0.2) is 32.7 Å². The molecule has 0 aromatic carbocycles. The number of aromatic nitrogens is 4. The Bertz CT molecular complexity index is 847. The van der Waals surface area contributed by atoms with Crippen LogP contribution in [0.1, 0.15) is 32.0 Å². The molecule has 0 bridgehead atoms. The number of hydrogen-bond donors (Lipinski definition) is 3. The molecular formula is C16H22F3N7O. The van der Waals surface area contributed by atoms with E-state index in [-0.39, 0.29) is 17.7 Å². The van der Waals surface area contributed by atoms with Crippen LogP contribution in [0.4, 0.5) is 30.6 Å². The number of rotatable bonds is 6. The van der Waals surface area contributed by atoms with E-state index in [9.17, 15) is 18.0 Å². The number of amides is 1. The van der Waals surface area contributed by atoms with E-state index in [1.54, 1.807) is 13.8 Å². The van der Waals surface area contributed by atoms with E-state index in [0.29, 0.717) is 17.6 Å². The average Bonchev–Trinajstić information content (AvgIpc) is 2.93. The monoisotopic (exact) mass is 385 g/mol. The molecule has 27 heavy (non-hydrogen) atoms. The van der Waals surface area contributed by atoms with E-state index in [1.165, 1.54) is 17.9 Å². The Morgan fingerprint density at radius 1 is 1.30 bits per heavy atom. The fourth-order valence-electron chi connectivity index (χ4n) is 2.59. The highest BCUT2D eigenvalue weighted by molar-refractivity contribution is 5.82. The van der Waals surface area contributed by atoms with Crippen molar-refractivity contribution in [1.82, 2.24) is 19.7 Å². The van der Waals surface area contributed by atoms with Gasteiger partial charge in [-0.25, -0.2) is 4.98 Å². The highest BCUT2D eigenvalue weighted by Crippen LogP contribution is 2.34. The van der Waals surface area contributed by atoms with E-state index < -0.39 is 23.2 Å². The van der Waals surface area contributed by atoms with Gasteiger partial charge in [0.05, 0.1) is 17.6 Å². The van der Waals surface area contributed by atoms with Crippen molar-refractivity contribution < 1.29 is 18.0 Å². The summed E-state index contributed by atoms with van der Waals surface area (Å²) in [5.41, 5.74) is 4.55. The zero-order valence-electron chi connectivity index (χ0n) is 15.6. The summed E-state index contributed by atoms with van der Waals surface area (Å²) in [6, 6.07) is 0. The SMILES string of the molecule is CNc1nc(Nc2cnn(C(C)(C(N)=O)C(C)C)c2C)ncc1C(F)(F)F. The lowest BCUT2D eigenvalue weighted by atomic mass is 9.87. The second-order valence-corrected chi connectivity index (χ2v) is 6.55. The number of nitrogens with two attached hydrogens (primary N) is 1. The van der Waals surface area contributed by atoms with Crippen LogP contribution in [0.3, 0.4) is 0 Å². The number of anilines is 3. The molecule has 0 saturated heterocycles. The third kappa shape index (κ3) is 3.67. The van der Waals surface area contributed by atoms with Crippen LogP contribution in [0.25, 0.3) is 0 Å². The molecule has 0 spiro atoms. The van der Waals surface area contributed by atoms with E-state index in [1.807, 2.05) is 13.8 Å². The van der Waals surface area contributed by atoms with E-state index in [2.05, 4.69) is 25.7 Å². The number of carbonyl (C=O) groups is 1. The second kappa shape index (κ2) is 7.05. The van der Waals surface area contributed by atoms with Crippen LogP contribution in [0, 0.1) is 12.8 Å². The van der Waals surface area contributed by atoms with Gasteiger partial charge in [-0.1, -0.05) is 13.8 Å². The van der Waals surface area contributed by atoms with Gasteiger partial charge < -0.3 is 16.4 Å². The van der Waals surface area contributed by atoms with Gasteiger partial charge in [-0.15, -0.1) is 0 Å². The first-order valence-corrected chi connectivity index (χ1v) is 8.16. The largest absolute Gasteiger partial charge is 0.421 e. The Morgan fingerprint density at radius 3 is 2.41 bits per heavy atom. The molecule has 0 aliphatic heterocycles. The molecule has 0 aliphatic rings. The summed E-state index contributed by atoms with van der Waals surface area (Å²) in [7, 11) is 1.34. The molecule has 2 heterocycles. The van der Waals surface area contributed by atoms with Crippen LogP contribution < -0.4 is 16.4 Å². The van der Waals surface area contributed by atoms with Crippen molar-refractivity contribution in [2.24, 2.45) is 11.7 Å². The van der Waals surface area contributed by atoms with Crippen molar-refractivity contribution in [1.29, 1.82) is 0 Å². The standard InChI is InChI=1S/C16H22F3N7O/c1-8(2)15(4,13(20)27)26-9(3)11(7-23-26)24-14-22-6-10(16(17,18)19)12(21-5)25-14/h6-8H,1-5H3,(H2,20,27)(H2,21,22,24,25). The Hall–Kier alpha value is -2.85. The van der Waals surface area contributed by atoms with Crippen molar-refractivity contribution >= 4 is 23.4 Å². The first kappa shape index (κ1) is 20.5. The fraction of sp³-hybridized carbons (Fsp3) is 0.500. The Labute approximate surface area is 154 Å². The van der Waals surface area contributed by atoms with Gasteiger partial charge >= 0.3 is 6.18 Å². The smallest absolute Gasteiger partial charge is 0.372 e. The van der Waals surface area contributed by atoms with E-state index in [0.717, 1.165) is 0 Å². The number of carbonyl (C=O) groups excluding carboxylic acids is 1. The molecule has 1 unspecified atom stereocenters. The number of primary amides is 1. The molecule has 11 heteroatoms. The lowest BCUT2D eigenvalue weighted by molar-refractivity contribution is -0.137. The Morgan fingerprint density at radius 2 is 1.93 bits per heavy atom. The number of hydrogen-bond acceptors (Lipinski definition) is 6. The predicted molar refractivity (Wildman–Crippen MR) is 94.5 cm³/mol.